The Morgan fingerprint density at radius 1 is 1.08 bits per heavy atom. The molecule has 0 N–H and O–H groups in total. The Kier molecular flexibility index (Phi) is 4.38. The lowest BCUT2D eigenvalue weighted by molar-refractivity contribution is 0.0313. The number of piperidine rings is 1. The van der Waals surface area contributed by atoms with E-state index in [1.54, 1.807) is 6.20 Å². The SMILES string of the molecule is c1cncc(COC2CCCN(c3nccc4ccccc34)C2)c1. The maximum absolute atomic E-state index is 6.12. The molecule has 1 saturated heterocycles. The van der Waals surface area contributed by atoms with Crippen molar-refractivity contribution in [3.05, 3.63) is 66.6 Å². The van der Waals surface area contributed by atoms with Crippen molar-refractivity contribution in [3.8, 4) is 0 Å². The van der Waals surface area contributed by atoms with E-state index >= 15 is 0 Å². The van der Waals surface area contributed by atoms with Crippen molar-refractivity contribution in [2.75, 3.05) is 18.0 Å². The number of nitrogens with zero attached hydrogens (tertiary/aromatic N) is 3. The van der Waals surface area contributed by atoms with Crippen molar-refractivity contribution < 1.29 is 4.74 Å². The molecule has 4 heteroatoms. The van der Waals surface area contributed by atoms with Gasteiger partial charge in [0.1, 0.15) is 5.82 Å². The fourth-order valence-corrected chi connectivity index (χ4v) is 3.32. The first-order valence-electron chi connectivity index (χ1n) is 8.49. The first-order valence-corrected chi connectivity index (χ1v) is 8.49. The van der Waals surface area contributed by atoms with E-state index in [0.717, 1.165) is 37.3 Å². The molecule has 1 aromatic carbocycles. The van der Waals surface area contributed by atoms with Crippen LogP contribution in [-0.2, 0) is 11.3 Å². The van der Waals surface area contributed by atoms with Gasteiger partial charge in [0.15, 0.2) is 0 Å². The fraction of sp³-hybridized carbons (Fsp3) is 0.300. The third-order valence-electron chi connectivity index (χ3n) is 4.54. The summed E-state index contributed by atoms with van der Waals surface area (Å²) >= 11 is 0. The molecule has 1 atom stereocenters. The minimum Gasteiger partial charge on any atom is -0.372 e. The predicted molar refractivity (Wildman–Crippen MR) is 96.0 cm³/mol. The number of hydrogen-bond acceptors (Lipinski definition) is 4. The second-order valence-electron chi connectivity index (χ2n) is 6.24. The van der Waals surface area contributed by atoms with Crippen LogP contribution in [0.2, 0.25) is 0 Å². The number of anilines is 1. The second kappa shape index (κ2) is 6.97. The molecule has 0 aliphatic carbocycles. The number of benzene rings is 1. The lowest BCUT2D eigenvalue weighted by Gasteiger charge is -2.34. The lowest BCUT2D eigenvalue weighted by atomic mass is 10.1. The summed E-state index contributed by atoms with van der Waals surface area (Å²) in [5, 5.41) is 2.45. The zero-order valence-corrected chi connectivity index (χ0v) is 13.6. The van der Waals surface area contributed by atoms with Crippen molar-refractivity contribution in [1.82, 2.24) is 9.97 Å². The van der Waals surface area contributed by atoms with Gasteiger partial charge in [-0.15, -0.1) is 0 Å². The van der Waals surface area contributed by atoms with Gasteiger partial charge in [0.25, 0.3) is 0 Å². The van der Waals surface area contributed by atoms with Crippen LogP contribution in [0.1, 0.15) is 18.4 Å². The van der Waals surface area contributed by atoms with E-state index in [1.807, 2.05) is 18.5 Å². The van der Waals surface area contributed by atoms with Crippen LogP contribution in [0.15, 0.2) is 61.1 Å². The van der Waals surface area contributed by atoms with E-state index in [9.17, 15) is 0 Å². The molecular weight excluding hydrogens is 298 g/mol. The molecule has 0 spiro atoms. The zero-order chi connectivity index (χ0) is 16.2. The summed E-state index contributed by atoms with van der Waals surface area (Å²) < 4.78 is 6.12. The molecule has 4 nitrogen and oxygen atoms in total. The lowest BCUT2D eigenvalue weighted by Crippen LogP contribution is -2.40. The highest BCUT2D eigenvalue weighted by molar-refractivity contribution is 5.92. The van der Waals surface area contributed by atoms with Crippen LogP contribution in [0, 0.1) is 0 Å². The monoisotopic (exact) mass is 319 g/mol. The van der Waals surface area contributed by atoms with Crippen LogP contribution < -0.4 is 4.90 Å². The van der Waals surface area contributed by atoms with E-state index in [1.165, 1.54) is 10.8 Å². The Bertz CT molecular complexity index is 801. The Hall–Kier alpha value is -2.46. The average Bonchev–Trinajstić information content (AvgIpc) is 2.67. The van der Waals surface area contributed by atoms with Crippen molar-refractivity contribution in [2.24, 2.45) is 0 Å². The molecule has 3 heterocycles. The van der Waals surface area contributed by atoms with Crippen molar-refractivity contribution in [2.45, 2.75) is 25.6 Å². The van der Waals surface area contributed by atoms with E-state index < -0.39 is 0 Å². The number of pyridine rings is 2. The highest BCUT2D eigenvalue weighted by atomic mass is 16.5. The average molecular weight is 319 g/mol. The molecular formula is C20H21N3O. The van der Waals surface area contributed by atoms with Crippen LogP contribution in [0.5, 0.6) is 0 Å². The summed E-state index contributed by atoms with van der Waals surface area (Å²) in [5.41, 5.74) is 1.12. The normalized spacial score (nSPS) is 18.0. The Balaban J connectivity index is 1.48. The number of aromatic nitrogens is 2. The largest absolute Gasteiger partial charge is 0.372 e. The van der Waals surface area contributed by atoms with Crippen LogP contribution in [-0.4, -0.2) is 29.2 Å². The first kappa shape index (κ1) is 15.1. The minimum absolute atomic E-state index is 0.236. The summed E-state index contributed by atoms with van der Waals surface area (Å²) in [6.07, 6.45) is 8.02. The highest BCUT2D eigenvalue weighted by Crippen LogP contribution is 2.27. The Morgan fingerprint density at radius 2 is 2.04 bits per heavy atom. The molecule has 1 unspecified atom stereocenters. The standard InChI is InChI=1S/C20H21N3O/c1-2-8-19-17(6-1)9-11-22-20(19)23-12-4-7-18(14-23)24-15-16-5-3-10-21-13-16/h1-3,5-6,8-11,13,18H,4,7,12,14-15H2. The minimum atomic E-state index is 0.236. The Morgan fingerprint density at radius 3 is 2.96 bits per heavy atom. The molecule has 0 radical (unpaired) electrons. The summed E-state index contributed by atoms with van der Waals surface area (Å²) in [6, 6.07) is 14.5. The van der Waals surface area contributed by atoms with Gasteiger partial charge in [-0.2, -0.15) is 0 Å². The number of ether oxygens (including phenoxy) is 1. The summed E-state index contributed by atoms with van der Waals surface area (Å²) in [5.74, 6) is 1.07. The molecule has 0 saturated carbocycles. The van der Waals surface area contributed by atoms with Crippen molar-refractivity contribution in [1.29, 1.82) is 0 Å². The second-order valence-corrected chi connectivity index (χ2v) is 6.24. The molecule has 0 bridgehead atoms. The molecule has 2 aromatic heterocycles. The van der Waals surface area contributed by atoms with Crippen LogP contribution in [0.3, 0.4) is 0 Å². The zero-order valence-electron chi connectivity index (χ0n) is 13.6. The topological polar surface area (TPSA) is 38.2 Å². The molecule has 1 aliphatic heterocycles. The van der Waals surface area contributed by atoms with Gasteiger partial charge < -0.3 is 9.64 Å². The third kappa shape index (κ3) is 3.24. The molecule has 1 fully saturated rings. The summed E-state index contributed by atoms with van der Waals surface area (Å²) in [7, 11) is 0. The third-order valence-corrected chi connectivity index (χ3v) is 4.54. The maximum Gasteiger partial charge on any atom is 0.136 e. The molecule has 4 rings (SSSR count). The predicted octanol–water partition coefficient (Wildman–Crippen LogP) is 3.82. The number of hydrogen-bond donors (Lipinski definition) is 0. The van der Waals surface area contributed by atoms with Gasteiger partial charge in [0.2, 0.25) is 0 Å². The number of rotatable bonds is 4. The van der Waals surface area contributed by atoms with Crippen molar-refractivity contribution in [3.63, 3.8) is 0 Å². The quantitative estimate of drug-likeness (QED) is 0.733. The summed E-state index contributed by atoms with van der Waals surface area (Å²) in [4.78, 5) is 11.1. The Labute approximate surface area is 142 Å². The van der Waals surface area contributed by atoms with Crippen LogP contribution >= 0.6 is 0 Å². The van der Waals surface area contributed by atoms with Gasteiger partial charge in [-0.05, 0) is 35.9 Å². The highest BCUT2D eigenvalue weighted by Gasteiger charge is 2.22. The molecule has 0 amide bonds. The van der Waals surface area contributed by atoms with E-state index in [2.05, 4.69) is 51.3 Å². The smallest absolute Gasteiger partial charge is 0.136 e. The maximum atomic E-state index is 6.12. The van der Waals surface area contributed by atoms with Gasteiger partial charge in [-0.25, -0.2) is 4.98 Å². The van der Waals surface area contributed by atoms with Gasteiger partial charge in [-0.3, -0.25) is 4.98 Å². The molecule has 1 aliphatic rings. The van der Waals surface area contributed by atoms with E-state index in [0.29, 0.717) is 6.61 Å². The van der Waals surface area contributed by atoms with Gasteiger partial charge in [-0.1, -0.05) is 30.3 Å². The molecule has 3 aromatic rings. The summed E-state index contributed by atoms with van der Waals surface area (Å²) in [6.45, 7) is 2.55. The van der Waals surface area contributed by atoms with Gasteiger partial charge >= 0.3 is 0 Å². The van der Waals surface area contributed by atoms with Gasteiger partial charge in [0, 0.05) is 37.1 Å². The fourth-order valence-electron chi connectivity index (χ4n) is 3.32. The molecule has 122 valence electrons. The first-order chi connectivity index (χ1) is 11.9. The van der Waals surface area contributed by atoms with Crippen LogP contribution in [0.25, 0.3) is 10.8 Å². The van der Waals surface area contributed by atoms with Crippen molar-refractivity contribution >= 4 is 16.6 Å². The number of fused-ring (bicyclic) bond motifs is 1. The van der Waals surface area contributed by atoms with Gasteiger partial charge in [0.05, 0.1) is 12.7 Å². The van der Waals surface area contributed by atoms with Crippen LogP contribution in [0.4, 0.5) is 5.82 Å². The molecule has 24 heavy (non-hydrogen) atoms. The van der Waals surface area contributed by atoms with E-state index in [4.69, 9.17) is 4.74 Å². The van der Waals surface area contributed by atoms with E-state index in [-0.39, 0.29) is 6.10 Å².